The predicted molar refractivity (Wildman–Crippen MR) is 101 cm³/mol. The molecule has 0 unspecified atom stereocenters. The minimum absolute atomic E-state index is 0.0733. The molecule has 11 heteroatoms. The molecule has 2 heterocycles. The Morgan fingerprint density at radius 3 is 2.88 bits per heavy atom. The van der Waals surface area contributed by atoms with Crippen molar-refractivity contribution in [3.8, 4) is 0 Å². The largest absolute Gasteiger partial charge is 0.331 e. The minimum Gasteiger partial charge on any atom is -0.331 e. The number of nitrogens with two attached hydrogens (primary N) is 1. The van der Waals surface area contributed by atoms with Crippen molar-refractivity contribution in [2.75, 3.05) is 5.32 Å². The molecule has 1 aromatic carbocycles. The highest BCUT2D eigenvalue weighted by Gasteiger charge is 2.18. The second-order valence-electron chi connectivity index (χ2n) is 5.39. The molecule has 0 saturated carbocycles. The quantitative estimate of drug-likeness (QED) is 0.552. The van der Waals surface area contributed by atoms with E-state index in [0.717, 1.165) is 0 Å². The van der Waals surface area contributed by atoms with Gasteiger partial charge in [-0.15, -0.1) is 0 Å². The molecule has 26 heavy (non-hydrogen) atoms. The van der Waals surface area contributed by atoms with Crippen molar-refractivity contribution >= 4 is 56.1 Å². The molecular weight excluding hydrogens is 398 g/mol. The molecule has 1 atom stereocenters. The molecule has 0 bridgehead atoms. The summed E-state index contributed by atoms with van der Waals surface area (Å²) < 4.78 is 22.8. The lowest BCUT2D eigenvalue weighted by Gasteiger charge is -2.11. The molecule has 136 valence electrons. The Morgan fingerprint density at radius 2 is 2.15 bits per heavy atom. The van der Waals surface area contributed by atoms with Crippen LogP contribution >= 0.6 is 23.4 Å². The number of halogens is 1. The van der Waals surface area contributed by atoms with E-state index in [2.05, 4.69) is 20.3 Å². The van der Waals surface area contributed by atoms with Crippen LogP contribution in [0.4, 0.5) is 5.69 Å². The Morgan fingerprint density at radius 1 is 1.38 bits per heavy atom. The highest BCUT2D eigenvalue weighted by molar-refractivity contribution is 8.00. The number of thioether (sulfide) groups is 1. The SMILES string of the molecule is C[C@H](Sc1nc2ncc(Cl)cc2[nH]1)C(=O)Nc1cccc(S(N)(=O)=O)c1. The molecule has 8 nitrogen and oxygen atoms in total. The number of imidazole rings is 1. The zero-order chi connectivity index (χ0) is 18.9. The Kier molecular flexibility index (Phi) is 5.19. The van der Waals surface area contributed by atoms with Gasteiger partial charge in [0.1, 0.15) is 0 Å². The van der Waals surface area contributed by atoms with Crippen LogP contribution in [0.2, 0.25) is 5.02 Å². The summed E-state index contributed by atoms with van der Waals surface area (Å²) in [5.74, 6) is -0.312. The second kappa shape index (κ2) is 7.23. The number of nitrogens with zero attached hydrogens (tertiary/aromatic N) is 2. The number of pyridine rings is 1. The molecule has 0 saturated heterocycles. The van der Waals surface area contributed by atoms with Gasteiger partial charge in [-0.1, -0.05) is 29.4 Å². The zero-order valence-corrected chi connectivity index (χ0v) is 15.8. The number of hydrogen-bond donors (Lipinski definition) is 3. The lowest BCUT2D eigenvalue weighted by molar-refractivity contribution is -0.115. The second-order valence-corrected chi connectivity index (χ2v) is 8.72. The van der Waals surface area contributed by atoms with Crippen LogP contribution in [0.25, 0.3) is 11.2 Å². The first-order valence-corrected chi connectivity index (χ1v) is 10.1. The number of rotatable bonds is 5. The van der Waals surface area contributed by atoms with Crippen LogP contribution in [0.3, 0.4) is 0 Å². The van der Waals surface area contributed by atoms with Gasteiger partial charge in [0.25, 0.3) is 0 Å². The number of H-pyrrole nitrogens is 1. The Hall–Kier alpha value is -2.14. The average molecular weight is 412 g/mol. The molecular formula is C15H14ClN5O3S2. The molecule has 0 aliphatic heterocycles. The van der Waals surface area contributed by atoms with Crippen LogP contribution in [-0.2, 0) is 14.8 Å². The summed E-state index contributed by atoms with van der Waals surface area (Å²) in [6.07, 6.45) is 1.49. The van der Waals surface area contributed by atoms with Crippen molar-refractivity contribution in [1.82, 2.24) is 15.0 Å². The van der Waals surface area contributed by atoms with Crippen LogP contribution in [-0.4, -0.2) is 34.5 Å². The fourth-order valence-electron chi connectivity index (χ4n) is 2.12. The van der Waals surface area contributed by atoms with Crippen molar-refractivity contribution < 1.29 is 13.2 Å². The molecule has 0 spiro atoms. The number of carbonyl (C=O) groups excluding carboxylic acids is 1. The van der Waals surface area contributed by atoms with Crippen LogP contribution < -0.4 is 10.5 Å². The van der Waals surface area contributed by atoms with Crippen molar-refractivity contribution in [3.05, 3.63) is 41.6 Å². The summed E-state index contributed by atoms with van der Waals surface area (Å²) in [7, 11) is -3.84. The van der Waals surface area contributed by atoms with Crippen LogP contribution in [0.1, 0.15) is 6.92 Å². The van der Waals surface area contributed by atoms with Crippen molar-refractivity contribution in [2.24, 2.45) is 5.14 Å². The molecule has 2 aromatic heterocycles. The molecule has 3 rings (SSSR count). The normalized spacial score (nSPS) is 12.9. The van der Waals surface area contributed by atoms with Gasteiger partial charge in [-0.3, -0.25) is 4.79 Å². The fraction of sp³-hybridized carbons (Fsp3) is 0.133. The Labute approximate surface area is 158 Å². The average Bonchev–Trinajstić information content (AvgIpc) is 2.95. The van der Waals surface area contributed by atoms with Crippen molar-refractivity contribution in [3.63, 3.8) is 0 Å². The fourth-order valence-corrected chi connectivity index (χ4v) is 3.65. The third-order valence-electron chi connectivity index (χ3n) is 3.37. The van der Waals surface area contributed by atoms with E-state index in [1.807, 2.05) is 0 Å². The smallest absolute Gasteiger partial charge is 0.238 e. The van der Waals surface area contributed by atoms with E-state index < -0.39 is 15.3 Å². The highest BCUT2D eigenvalue weighted by Crippen LogP contribution is 2.25. The van der Waals surface area contributed by atoms with Gasteiger partial charge < -0.3 is 10.3 Å². The summed E-state index contributed by atoms with van der Waals surface area (Å²) in [6, 6.07) is 7.44. The number of amides is 1. The van der Waals surface area contributed by atoms with Gasteiger partial charge in [-0.25, -0.2) is 23.5 Å². The van der Waals surface area contributed by atoms with E-state index in [-0.39, 0.29) is 10.8 Å². The maximum atomic E-state index is 12.4. The number of hydrogen-bond acceptors (Lipinski definition) is 6. The number of carbonyl (C=O) groups is 1. The molecule has 1 amide bonds. The van der Waals surface area contributed by atoms with Crippen LogP contribution in [0.15, 0.2) is 46.6 Å². The lowest BCUT2D eigenvalue weighted by atomic mass is 10.3. The summed E-state index contributed by atoms with van der Waals surface area (Å²) in [6.45, 7) is 1.71. The molecule has 3 aromatic rings. The summed E-state index contributed by atoms with van der Waals surface area (Å²) in [5, 5.41) is 8.26. The van der Waals surface area contributed by atoms with E-state index in [4.69, 9.17) is 16.7 Å². The van der Waals surface area contributed by atoms with Crippen molar-refractivity contribution in [2.45, 2.75) is 22.2 Å². The number of primary sulfonamides is 1. The van der Waals surface area contributed by atoms with Gasteiger partial charge in [0.05, 0.1) is 20.7 Å². The summed E-state index contributed by atoms with van der Waals surface area (Å²) >= 11 is 7.09. The maximum absolute atomic E-state index is 12.4. The monoisotopic (exact) mass is 411 g/mol. The molecule has 0 aliphatic carbocycles. The number of fused-ring (bicyclic) bond motifs is 1. The van der Waals surface area contributed by atoms with Gasteiger partial charge in [-0.05, 0) is 31.2 Å². The standard InChI is InChI=1S/C15H14ClN5O3S2/c1-8(25-15-20-12-5-9(16)7-18-13(12)21-15)14(22)19-10-3-2-4-11(6-10)26(17,23)24/h2-8H,1H3,(H,19,22)(H2,17,23,24)(H,18,20,21)/t8-/m0/s1. The number of aromatic amines is 1. The van der Waals surface area contributed by atoms with Gasteiger partial charge in [0, 0.05) is 11.9 Å². The molecule has 4 N–H and O–H groups in total. The van der Waals surface area contributed by atoms with E-state index in [0.29, 0.717) is 27.0 Å². The predicted octanol–water partition coefficient (Wildman–Crippen LogP) is 2.38. The lowest BCUT2D eigenvalue weighted by Crippen LogP contribution is -2.22. The molecule has 0 fully saturated rings. The van der Waals surface area contributed by atoms with Crippen LogP contribution in [0, 0.1) is 0 Å². The first-order valence-electron chi connectivity index (χ1n) is 7.34. The first-order chi connectivity index (χ1) is 12.2. The van der Waals surface area contributed by atoms with E-state index in [1.54, 1.807) is 19.1 Å². The summed E-state index contributed by atoms with van der Waals surface area (Å²) in [4.78, 5) is 23.7. The number of benzene rings is 1. The van der Waals surface area contributed by atoms with Crippen molar-refractivity contribution in [1.29, 1.82) is 0 Å². The number of aromatic nitrogens is 3. The molecule has 0 radical (unpaired) electrons. The van der Waals surface area contributed by atoms with E-state index in [1.165, 1.54) is 36.2 Å². The van der Waals surface area contributed by atoms with Crippen LogP contribution in [0.5, 0.6) is 0 Å². The molecule has 0 aliphatic rings. The highest BCUT2D eigenvalue weighted by atomic mass is 35.5. The summed E-state index contributed by atoms with van der Waals surface area (Å²) in [5.41, 5.74) is 1.52. The first kappa shape index (κ1) is 18.6. The Bertz CT molecular complexity index is 1080. The van der Waals surface area contributed by atoms with Gasteiger partial charge >= 0.3 is 0 Å². The van der Waals surface area contributed by atoms with Gasteiger partial charge in [-0.2, -0.15) is 0 Å². The third kappa shape index (κ3) is 4.33. The van der Waals surface area contributed by atoms with E-state index in [9.17, 15) is 13.2 Å². The third-order valence-corrected chi connectivity index (χ3v) is 5.47. The van der Waals surface area contributed by atoms with Gasteiger partial charge in [0.2, 0.25) is 15.9 Å². The Balaban J connectivity index is 1.71. The number of nitrogens with one attached hydrogen (secondary N) is 2. The topological polar surface area (TPSA) is 131 Å². The zero-order valence-electron chi connectivity index (χ0n) is 13.4. The minimum atomic E-state index is -3.84. The number of anilines is 1. The van der Waals surface area contributed by atoms with E-state index >= 15 is 0 Å². The van der Waals surface area contributed by atoms with Gasteiger partial charge in [0.15, 0.2) is 10.8 Å². The number of sulfonamides is 1. The maximum Gasteiger partial charge on any atom is 0.238 e.